The van der Waals surface area contributed by atoms with Gasteiger partial charge in [0.15, 0.2) is 0 Å². The highest BCUT2D eigenvalue weighted by Gasteiger charge is 2.57. The van der Waals surface area contributed by atoms with Crippen LogP contribution < -0.4 is 9.62 Å². The van der Waals surface area contributed by atoms with Gasteiger partial charge in [-0.3, -0.25) is 13.9 Å². The molecule has 5 rings (SSSR count). The number of amides is 1. The summed E-state index contributed by atoms with van der Waals surface area (Å²) in [5.41, 5.74) is -0.799. The van der Waals surface area contributed by atoms with E-state index in [1.54, 1.807) is 12.1 Å². The second-order valence-corrected chi connectivity index (χ2v) is 13.3. The summed E-state index contributed by atoms with van der Waals surface area (Å²) >= 11 is 0. The molecule has 2 aliphatic carbocycles. The molecule has 7 nitrogen and oxygen atoms in total. The number of hydrogen-bond donors (Lipinski definition) is 2. The molecular weight excluding hydrogens is 626 g/mol. The number of rotatable bonds is 8. The zero-order chi connectivity index (χ0) is 32.9. The SMILES string of the molecule is CN(c1ccc([C@H]2CCC[C@@H](C(=O)Nc3ccc(C(F)(F)F)cc3F)[C@@H]2C(=O)O)cc1)S(=O)(=O)c1cccc(C2CC2(F)F)c1. The summed E-state index contributed by atoms with van der Waals surface area (Å²) in [6.07, 6.45) is -4.19. The van der Waals surface area contributed by atoms with Gasteiger partial charge in [-0.1, -0.05) is 30.7 Å². The summed E-state index contributed by atoms with van der Waals surface area (Å²) in [6.45, 7) is 0. The highest BCUT2D eigenvalue weighted by atomic mass is 32.2. The molecule has 4 atom stereocenters. The van der Waals surface area contributed by atoms with Crippen LogP contribution in [-0.4, -0.2) is 38.4 Å². The van der Waals surface area contributed by atoms with Gasteiger partial charge >= 0.3 is 12.1 Å². The van der Waals surface area contributed by atoms with Crippen LogP contribution in [0.1, 0.15) is 54.2 Å². The molecule has 3 aromatic rings. The highest BCUT2D eigenvalue weighted by molar-refractivity contribution is 7.92. The maximum Gasteiger partial charge on any atom is 0.416 e. The minimum atomic E-state index is -4.79. The molecule has 14 heteroatoms. The Morgan fingerprint density at radius 1 is 0.978 bits per heavy atom. The lowest BCUT2D eigenvalue weighted by Crippen LogP contribution is -2.40. The van der Waals surface area contributed by atoms with Crippen molar-refractivity contribution in [1.82, 2.24) is 0 Å². The Hall–Kier alpha value is -4.07. The second kappa shape index (κ2) is 11.7. The predicted molar refractivity (Wildman–Crippen MR) is 152 cm³/mol. The van der Waals surface area contributed by atoms with E-state index in [1.165, 1.54) is 43.4 Å². The van der Waals surface area contributed by atoms with Crippen LogP contribution in [-0.2, 0) is 25.8 Å². The molecule has 0 bridgehead atoms. The first-order valence-corrected chi connectivity index (χ1v) is 15.4. The number of hydrogen-bond acceptors (Lipinski definition) is 4. The second-order valence-electron chi connectivity index (χ2n) is 11.3. The van der Waals surface area contributed by atoms with Gasteiger partial charge in [-0.25, -0.2) is 21.6 Å². The normalized spacial score (nSPS) is 22.8. The Bertz CT molecular complexity index is 1730. The average molecular weight is 655 g/mol. The molecule has 2 N–H and O–H groups in total. The van der Waals surface area contributed by atoms with Crippen LogP contribution in [0.3, 0.4) is 0 Å². The molecule has 2 fully saturated rings. The number of carboxylic acids is 1. The van der Waals surface area contributed by atoms with Crippen LogP contribution in [0.2, 0.25) is 0 Å². The molecule has 45 heavy (non-hydrogen) atoms. The lowest BCUT2D eigenvalue weighted by molar-refractivity contribution is -0.148. The first-order valence-electron chi connectivity index (χ1n) is 14.0. The highest BCUT2D eigenvalue weighted by Crippen LogP contribution is 2.56. The lowest BCUT2D eigenvalue weighted by atomic mass is 9.69. The number of halogens is 6. The number of alkyl halides is 5. The average Bonchev–Trinajstić information content (AvgIpc) is 3.64. The largest absolute Gasteiger partial charge is 0.481 e. The summed E-state index contributed by atoms with van der Waals surface area (Å²) in [4.78, 5) is 25.3. The van der Waals surface area contributed by atoms with Crippen molar-refractivity contribution in [2.24, 2.45) is 11.8 Å². The quantitative estimate of drug-likeness (QED) is 0.254. The fourth-order valence-corrected chi connectivity index (χ4v) is 7.17. The van der Waals surface area contributed by atoms with Crippen molar-refractivity contribution >= 4 is 33.3 Å². The van der Waals surface area contributed by atoms with Gasteiger partial charge in [-0.05, 0) is 72.4 Å². The number of carbonyl (C=O) groups is 2. The van der Waals surface area contributed by atoms with Gasteiger partial charge in [0, 0.05) is 13.5 Å². The Kier molecular flexibility index (Phi) is 8.40. The van der Waals surface area contributed by atoms with Crippen molar-refractivity contribution in [2.45, 2.75) is 54.5 Å². The molecule has 3 aromatic carbocycles. The van der Waals surface area contributed by atoms with Crippen molar-refractivity contribution in [2.75, 3.05) is 16.7 Å². The van der Waals surface area contributed by atoms with E-state index in [0.29, 0.717) is 24.5 Å². The number of carbonyl (C=O) groups excluding carboxylic acids is 1. The topological polar surface area (TPSA) is 104 Å². The van der Waals surface area contributed by atoms with Crippen LogP contribution in [0.25, 0.3) is 0 Å². The summed E-state index contributed by atoms with van der Waals surface area (Å²) < 4.78 is 108. The third kappa shape index (κ3) is 6.51. The van der Waals surface area contributed by atoms with Crippen LogP contribution >= 0.6 is 0 Å². The van der Waals surface area contributed by atoms with Gasteiger partial charge in [0.1, 0.15) is 5.82 Å². The molecule has 1 unspecified atom stereocenters. The van der Waals surface area contributed by atoms with E-state index in [9.17, 15) is 49.5 Å². The van der Waals surface area contributed by atoms with E-state index in [1.807, 2.05) is 0 Å². The summed E-state index contributed by atoms with van der Waals surface area (Å²) in [7, 11) is -2.84. The van der Waals surface area contributed by atoms with E-state index >= 15 is 0 Å². The monoisotopic (exact) mass is 654 g/mol. The van der Waals surface area contributed by atoms with Crippen LogP contribution in [0.4, 0.5) is 37.7 Å². The number of carboxylic acid groups (broad SMARTS) is 1. The zero-order valence-corrected chi connectivity index (χ0v) is 24.5. The zero-order valence-electron chi connectivity index (χ0n) is 23.7. The van der Waals surface area contributed by atoms with Gasteiger partial charge in [-0.2, -0.15) is 13.2 Å². The van der Waals surface area contributed by atoms with Crippen LogP contribution in [0, 0.1) is 17.7 Å². The standard InChI is InChI=1S/C31H28F6N2O5S/c1-39(45(43,44)21-5-2-4-18(14-21)24-16-30(24,33)34)20-11-8-17(9-12-20)22-6-3-7-23(27(22)29(41)42)28(40)38-26-13-10-19(15-25(26)32)31(35,36)37/h2,4-5,8-15,22-24,27H,3,6-7,16H2,1H3,(H,38,40)(H,41,42)/t22-,23-,24?,27-/m1/s1. The van der Waals surface area contributed by atoms with Crippen molar-refractivity contribution < 1.29 is 49.5 Å². The summed E-state index contributed by atoms with van der Waals surface area (Å²) in [5, 5.41) is 12.3. The van der Waals surface area contributed by atoms with Crippen molar-refractivity contribution in [3.05, 3.63) is 89.2 Å². The number of benzene rings is 3. The first kappa shape index (κ1) is 32.3. The smallest absolute Gasteiger partial charge is 0.416 e. The van der Waals surface area contributed by atoms with Gasteiger partial charge < -0.3 is 10.4 Å². The lowest BCUT2D eigenvalue weighted by Gasteiger charge is -2.35. The molecule has 240 valence electrons. The number of nitrogens with zero attached hydrogens (tertiary/aromatic N) is 1. The third-order valence-corrected chi connectivity index (χ3v) is 10.3. The fraction of sp³-hybridized carbons (Fsp3) is 0.355. The molecule has 0 aliphatic heterocycles. The van der Waals surface area contributed by atoms with Gasteiger partial charge in [0.25, 0.3) is 15.9 Å². The molecule has 2 aliphatic rings. The molecule has 2 saturated carbocycles. The van der Waals surface area contributed by atoms with Crippen LogP contribution in [0.5, 0.6) is 0 Å². The molecule has 0 heterocycles. The Morgan fingerprint density at radius 3 is 2.22 bits per heavy atom. The van der Waals surface area contributed by atoms with E-state index in [-0.39, 0.29) is 35.1 Å². The van der Waals surface area contributed by atoms with Gasteiger partial charge in [-0.15, -0.1) is 0 Å². The van der Waals surface area contributed by atoms with Crippen molar-refractivity contribution in [3.8, 4) is 0 Å². The van der Waals surface area contributed by atoms with Gasteiger partial charge in [0.2, 0.25) is 5.91 Å². The molecule has 0 spiro atoms. The first-order chi connectivity index (χ1) is 21.0. The molecular formula is C31H28F6N2O5S. The molecule has 1 amide bonds. The number of nitrogens with one attached hydrogen (secondary N) is 1. The van der Waals surface area contributed by atoms with E-state index in [4.69, 9.17) is 0 Å². The van der Waals surface area contributed by atoms with Crippen molar-refractivity contribution in [3.63, 3.8) is 0 Å². The Labute approximate surface area is 254 Å². The summed E-state index contributed by atoms with van der Waals surface area (Å²) in [5.74, 6) is -10.4. The van der Waals surface area contributed by atoms with E-state index in [2.05, 4.69) is 5.32 Å². The molecule has 0 radical (unpaired) electrons. The van der Waals surface area contributed by atoms with Crippen molar-refractivity contribution in [1.29, 1.82) is 0 Å². The summed E-state index contributed by atoms with van der Waals surface area (Å²) in [6, 6.07) is 13.0. The number of anilines is 2. The number of aliphatic carboxylic acids is 1. The molecule has 0 saturated heterocycles. The van der Waals surface area contributed by atoms with E-state index in [0.717, 1.165) is 10.4 Å². The van der Waals surface area contributed by atoms with E-state index < -0.39 is 74.7 Å². The Balaban J connectivity index is 1.33. The Morgan fingerprint density at radius 2 is 1.64 bits per heavy atom. The maximum absolute atomic E-state index is 14.4. The van der Waals surface area contributed by atoms with Crippen LogP contribution in [0.15, 0.2) is 71.6 Å². The maximum atomic E-state index is 14.4. The van der Waals surface area contributed by atoms with Gasteiger partial charge in [0.05, 0.1) is 39.6 Å². The minimum absolute atomic E-state index is 0.145. The minimum Gasteiger partial charge on any atom is -0.481 e. The predicted octanol–water partition coefficient (Wildman–Crippen LogP) is 7.02. The number of sulfonamides is 1. The molecule has 0 aromatic heterocycles. The third-order valence-electron chi connectivity index (χ3n) is 8.50. The fourth-order valence-electron chi connectivity index (χ4n) is 5.92.